The van der Waals surface area contributed by atoms with Gasteiger partial charge in [-0.25, -0.2) is 9.07 Å². The zero-order chi connectivity index (χ0) is 27.9. The van der Waals surface area contributed by atoms with Crippen molar-refractivity contribution in [2.75, 3.05) is 32.5 Å². The molecule has 2 N–H and O–H groups in total. The Kier molecular flexibility index (Phi) is 6.86. The fraction of sp³-hybridized carbons (Fsp3) is 0.276. The van der Waals surface area contributed by atoms with Crippen LogP contribution in [0.25, 0.3) is 27.5 Å². The highest BCUT2D eigenvalue weighted by atomic mass is 19.4. The monoisotopic (exact) mass is 539 g/mol. The summed E-state index contributed by atoms with van der Waals surface area (Å²) < 4.78 is 60.7. The van der Waals surface area contributed by atoms with E-state index in [9.17, 15) is 22.7 Å². The summed E-state index contributed by atoms with van der Waals surface area (Å²) in [7, 11) is 5.65. The Bertz CT molecular complexity index is 1620. The van der Waals surface area contributed by atoms with E-state index in [1.165, 1.54) is 59.5 Å². The van der Waals surface area contributed by atoms with Crippen molar-refractivity contribution >= 4 is 27.5 Å². The summed E-state index contributed by atoms with van der Waals surface area (Å²) in [6, 6.07) is 14.8. The van der Waals surface area contributed by atoms with Gasteiger partial charge >= 0.3 is 6.18 Å². The Labute approximate surface area is 223 Å². The summed E-state index contributed by atoms with van der Waals surface area (Å²) in [6.07, 6.45) is -1.33. The number of aryl methyl sites for hydroxylation is 1. The summed E-state index contributed by atoms with van der Waals surface area (Å²) in [5.74, 6) is -0.407. The minimum absolute atomic E-state index is 0.253. The third-order valence-electron chi connectivity index (χ3n) is 6.96. The summed E-state index contributed by atoms with van der Waals surface area (Å²) in [6.45, 7) is 1.63. The zero-order valence-corrected chi connectivity index (χ0v) is 21.8. The number of nitrogens with zero attached hydrogens (tertiary/aromatic N) is 4. The molecule has 5 aromatic rings. The number of aliphatic hydroxyl groups is 1. The van der Waals surface area contributed by atoms with Gasteiger partial charge in [-0.15, -0.1) is 0 Å². The molecule has 39 heavy (non-hydrogen) atoms. The van der Waals surface area contributed by atoms with E-state index in [1.54, 1.807) is 29.8 Å². The van der Waals surface area contributed by atoms with Gasteiger partial charge in [-0.05, 0) is 81.2 Å². The average Bonchev–Trinajstić information content (AvgIpc) is 3.46. The Morgan fingerprint density at radius 2 is 1.72 bits per heavy atom. The van der Waals surface area contributed by atoms with E-state index in [2.05, 4.69) is 15.3 Å². The predicted molar refractivity (Wildman–Crippen MR) is 145 cm³/mol. The molecule has 0 saturated heterocycles. The second-order valence-corrected chi connectivity index (χ2v) is 9.98. The summed E-state index contributed by atoms with van der Waals surface area (Å²) >= 11 is 0. The van der Waals surface area contributed by atoms with E-state index in [0.717, 1.165) is 25.2 Å². The molecule has 0 fully saturated rings. The molecule has 1 atom stereocenters. The maximum atomic E-state index is 14.7. The lowest BCUT2D eigenvalue weighted by atomic mass is 9.85. The predicted octanol–water partition coefficient (Wildman–Crippen LogP) is 5.82. The molecule has 0 amide bonds. The molecule has 0 spiro atoms. The van der Waals surface area contributed by atoms with Gasteiger partial charge in [0, 0.05) is 41.8 Å². The third-order valence-corrected chi connectivity index (χ3v) is 6.96. The van der Waals surface area contributed by atoms with Gasteiger partial charge in [-0.3, -0.25) is 0 Å². The maximum absolute atomic E-state index is 14.7. The number of fused-ring (bicyclic) bond motifs is 2. The van der Waals surface area contributed by atoms with Crippen LogP contribution < -0.4 is 5.32 Å². The number of hydrogen-bond donors (Lipinski definition) is 2. The first-order chi connectivity index (χ1) is 18.5. The van der Waals surface area contributed by atoms with Crippen molar-refractivity contribution in [3.63, 3.8) is 0 Å². The Hall–Kier alpha value is -3.89. The highest BCUT2D eigenvalue weighted by molar-refractivity contribution is 5.89. The molecule has 0 radical (unpaired) electrons. The molecule has 10 heteroatoms. The van der Waals surface area contributed by atoms with Crippen LogP contribution in [0.4, 0.5) is 23.2 Å². The van der Waals surface area contributed by atoms with Crippen molar-refractivity contribution in [2.45, 2.75) is 18.2 Å². The van der Waals surface area contributed by atoms with Crippen LogP contribution in [0.5, 0.6) is 0 Å². The van der Waals surface area contributed by atoms with Crippen LogP contribution in [-0.4, -0.2) is 57.7 Å². The van der Waals surface area contributed by atoms with Gasteiger partial charge in [-0.2, -0.15) is 18.3 Å². The van der Waals surface area contributed by atoms with Crippen LogP contribution in [0.15, 0.2) is 73.1 Å². The number of benzene rings is 3. The highest BCUT2D eigenvalue weighted by Crippen LogP contribution is 2.47. The van der Waals surface area contributed by atoms with Crippen LogP contribution in [0.1, 0.15) is 17.5 Å². The van der Waals surface area contributed by atoms with Gasteiger partial charge in [0.05, 0.1) is 22.9 Å². The van der Waals surface area contributed by atoms with Crippen LogP contribution in [0.3, 0.4) is 0 Å². The normalized spacial score (nSPS) is 13.9. The molecule has 0 saturated carbocycles. The maximum Gasteiger partial charge on any atom is 0.425 e. The summed E-state index contributed by atoms with van der Waals surface area (Å²) in [5, 5.41) is 19.8. The summed E-state index contributed by atoms with van der Waals surface area (Å²) in [4.78, 5) is 2.08. The van der Waals surface area contributed by atoms with Gasteiger partial charge in [0.2, 0.25) is 5.60 Å². The Morgan fingerprint density at radius 1 is 0.974 bits per heavy atom. The number of hydrogen-bond acceptors (Lipinski definition) is 4. The van der Waals surface area contributed by atoms with Gasteiger partial charge < -0.3 is 19.9 Å². The lowest BCUT2D eigenvalue weighted by Crippen LogP contribution is -2.43. The zero-order valence-electron chi connectivity index (χ0n) is 21.8. The topological polar surface area (TPSA) is 58.2 Å². The quantitative estimate of drug-likeness (QED) is 0.193. The molecular weight excluding hydrogens is 510 g/mol. The molecule has 0 bridgehead atoms. The van der Waals surface area contributed by atoms with Crippen LogP contribution in [-0.2, 0) is 12.6 Å². The number of alkyl halides is 3. The Morgan fingerprint density at radius 3 is 2.41 bits per heavy atom. The number of halogens is 4. The van der Waals surface area contributed by atoms with Crippen molar-refractivity contribution in [3.8, 4) is 5.69 Å². The van der Waals surface area contributed by atoms with E-state index in [1.807, 2.05) is 14.1 Å². The number of anilines is 1. The largest absolute Gasteiger partial charge is 0.425 e. The first-order valence-corrected chi connectivity index (χ1v) is 12.5. The van der Waals surface area contributed by atoms with E-state index in [4.69, 9.17) is 0 Å². The lowest BCUT2D eigenvalue weighted by Gasteiger charge is -2.31. The second kappa shape index (κ2) is 10.0. The molecule has 6 nitrogen and oxygen atoms in total. The molecule has 2 aromatic heterocycles. The van der Waals surface area contributed by atoms with Crippen LogP contribution in [0, 0.1) is 5.82 Å². The van der Waals surface area contributed by atoms with Gasteiger partial charge in [0.15, 0.2) is 0 Å². The number of rotatable bonds is 8. The van der Waals surface area contributed by atoms with Crippen LogP contribution in [0.2, 0.25) is 0 Å². The van der Waals surface area contributed by atoms with E-state index < -0.39 is 17.6 Å². The van der Waals surface area contributed by atoms with Gasteiger partial charge in [0.1, 0.15) is 5.82 Å². The molecule has 2 heterocycles. The highest BCUT2D eigenvalue weighted by Gasteiger charge is 2.57. The number of aromatic nitrogens is 3. The SMILES string of the molecule is CN(C)CCCNc1ccc2c(C(O)(c3ccc4c(cnn4-c4ccc(F)cc4)c3)C(F)(F)F)cn(C)c2c1. The fourth-order valence-corrected chi connectivity index (χ4v) is 4.93. The van der Waals surface area contributed by atoms with Crippen molar-refractivity contribution in [3.05, 3.63) is 90.0 Å². The molecule has 1 unspecified atom stereocenters. The van der Waals surface area contributed by atoms with Crippen molar-refractivity contribution in [2.24, 2.45) is 7.05 Å². The first-order valence-electron chi connectivity index (χ1n) is 12.5. The molecule has 0 aliphatic rings. The molecule has 0 aliphatic heterocycles. The third kappa shape index (κ3) is 4.86. The smallest absolute Gasteiger partial charge is 0.385 e. The first kappa shape index (κ1) is 26.7. The molecule has 0 aliphatic carbocycles. The van der Waals surface area contributed by atoms with E-state index in [0.29, 0.717) is 27.5 Å². The van der Waals surface area contributed by atoms with Crippen molar-refractivity contribution in [1.82, 2.24) is 19.2 Å². The van der Waals surface area contributed by atoms with Gasteiger partial charge in [0.25, 0.3) is 0 Å². The standard InChI is InChI=1S/C29H29F4N5O/c1-36(2)14-4-13-34-22-8-11-24-25(18-37(3)27(24)16-22)28(39,29(31,32)33)20-5-12-26-19(15-20)17-35-38(26)23-9-6-21(30)7-10-23/h5-12,15-18,34,39H,4,13-14H2,1-3H3. The van der Waals surface area contributed by atoms with Crippen LogP contribution >= 0.6 is 0 Å². The van der Waals surface area contributed by atoms with Crippen molar-refractivity contribution in [1.29, 1.82) is 0 Å². The lowest BCUT2D eigenvalue weighted by molar-refractivity contribution is -0.247. The van der Waals surface area contributed by atoms with Crippen molar-refractivity contribution < 1.29 is 22.7 Å². The molecule has 5 rings (SSSR count). The second-order valence-electron chi connectivity index (χ2n) is 9.98. The fourth-order valence-electron chi connectivity index (χ4n) is 4.93. The summed E-state index contributed by atoms with van der Waals surface area (Å²) in [5.41, 5.74) is -1.39. The van der Waals surface area contributed by atoms with E-state index >= 15 is 0 Å². The van der Waals surface area contributed by atoms with E-state index in [-0.39, 0.29) is 11.1 Å². The molecular formula is C29H29F4N5O. The minimum Gasteiger partial charge on any atom is -0.385 e. The number of nitrogens with one attached hydrogen (secondary N) is 1. The average molecular weight is 540 g/mol. The minimum atomic E-state index is -5.01. The molecule has 204 valence electrons. The van der Waals surface area contributed by atoms with Gasteiger partial charge in [-0.1, -0.05) is 12.1 Å². The Balaban J connectivity index is 1.55. The molecule has 3 aromatic carbocycles.